The number of carbonyl (C=O) groups is 1. The smallest absolute Gasteiger partial charge is 0.293 e. The van der Waals surface area contributed by atoms with Crippen molar-refractivity contribution in [2.45, 2.75) is 13.5 Å². The van der Waals surface area contributed by atoms with E-state index < -0.39 is 0 Å². The predicted octanol–water partition coefficient (Wildman–Crippen LogP) is 2.39. The van der Waals surface area contributed by atoms with E-state index in [1.54, 1.807) is 17.6 Å². The van der Waals surface area contributed by atoms with E-state index in [-0.39, 0.29) is 0 Å². The van der Waals surface area contributed by atoms with Gasteiger partial charge >= 0.3 is 0 Å². The third-order valence-corrected chi connectivity index (χ3v) is 2.26. The van der Waals surface area contributed by atoms with Gasteiger partial charge in [0, 0.05) is 11.6 Å². The first-order valence-electron chi connectivity index (χ1n) is 5.26. The second kappa shape index (κ2) is 7.30. The van der Waals surface area contributed by atoms with E-state index in [4.69, 9.17) is 16.9 Å². The van der Waals surface area contributed by atoms with Crippen LogP contribution in [0.1, 0.15) is 6.92 Å². The molecule has 0 N–H and O–H groups in total. The Labute approximate surface area is 110 Å². The van der Waals surface area contributed by atoms with Crippen LogP contribution in [0.4, 0.5) is 0 Å². The molecule has 18 heavy (non-hydrogen) atoms. The maximum absolute atomic E-state index is 9.18. The molecule has 2 aromatic rings. The Morgan fingerprint density at radius 2 is 2.33 bits per heavy atom. The minimum Gasteiger partial charge on any atom is -0.468 e. The van der Waals surface area contributed by atoms with Gasteiger partial charge in [0.2, 0.25) is 0 Å². The number of hydrogen-bond acceptors (Lipinski definition) is 4. The second-order valence-electron chi connectivity index (χ2n) is 3.20. The fraction of sp³-hybridized carbons (Fsp3) is 0.250. The van der Waals surface area contributed by atoms with Crippen molar-refractivity contribution in [1.29, 1.82) is 5.26 Å². The minimum atomic E-state index is 0.302. The number of rotatable bonds is 3. The summed E-state index contributed by atoms with van der Waals surface area (Å²) in [6.07, 6.45) is 1.83. The summed E-state index contributed by atoms with van der Waals surface area (Å²) < 4.78 is 5.92. The lowest BCUT2D eigenvalue weighted by Gasteiger charge is -1.97. The maximum atomic E-state index is 9.18. The Bertz CT molecular complexity index is 560. The number of hydrogen-bond donors (Lipinski definition) is 0. The number of carbonyl (C=O) groups excluding carboxylic acids is 1. The van der Waals surface area contributed by atoms with E-state index >= 15 is 0 Å². The van der Waals surface area contributed by atoms with Gasteiger partial charge < -0.3 is 9.30 Å². The lowest BCUT2D eigenvalue weighted by atomic mass is 10.3. The van der Waals surface area contributed by atoms with Gasteiger partial charge in [0.15, 0.2) is 0 Å². The van der Waals surface area contributed by atoms with Crippen molar-refractivity contribution < 1.29 is 9.53 Å². The molecule has 0 saturated heterocycles. The lowest BCUT2D eigenvalue weighted by molar-refractivity contribution is -0.128. The molecule has 0 aromatic carbocycles. The van der Waals surface area contributed by atoms with E-state index in [2.05, 4.69) is 15.8 Å². The van der Waals surface area contributed by atoms with E-state index in [0.29, 0.717) is 24.8 Å². The van der Waals surface area contributed by atoms with Crippen molar-refractivity contribution in [2.24, 2.45) is 0 Å². The number of aromatic nitrogens is 2. The number of fused-ring (bicyclic) bond motifs is 1. The molecule has 0 fully saturated rings. The molecule has 0 aliphatic carbocycles. The van der Waals surface area contributed by atoms with Gasteiger partial charge in [-0.15, -0.1) is 0 Å². The van der Waals surface area contributed by atoms with Crippen LogP contribution in [0.15, 0.2) is 24.4 Å². The topological polar surface area (TPSA) is 67.9 Å². The van der Waals surface area contributed by atoms with Gasteiger partial charge in [0.25, 0.3) is 6.47 Å². The van der Waals surface area contributed by atoms with Crippen LogP contribution in [0.5, 0.6) is 0 Å². The Balaban J connectivity index is 0.000000280. The van der Waals surface area contributed by atoms with Crippen LogP contribution in [0, 0.1) is 11.3 Å². The van der Waals surface area contributed by atoms with E-state index in [1.807, 2.05) is 18.3 Å². The number of nitrogens with zero attached hydrogens (tertiary/aromatic N) is 3. The molecule has 0 aliphatic heterocycles. The largest absolute Gasteiger partial charge is 0.468 e. The summed E-state index contributed by atoms with van der Waals surface area (Å²) in [4.78, 5) is 13.3. The summed E-state index contributed by atoms with van der Waals surface area (Å²) >= 11 is 5.74. The molecule has 0 amide bonds. The van der Waals surface area contributed by atoms with E-state index in [9.17, 15) is 4.79 Å². The van der Waals surface area contributed by atoms with Gasteiger partial charge in [-0.2, -0.15) is 5.26 Å². The van der Waals surface area contributed by atoms with Crippen LogP contribution in [0.2, 0.25) is 5.15 Å². The van der Waals surface area contributed by atoms with Gasteiger partial charge in [0.05, 0.1) is 12.7 Å². The fourth-order valence-corrected chi connectivity index (χ4v) is 1.45. The van der Waals surface area contributed by atoms with Gasteiger partial charge in [0.1, 0.15) is 17.3 Å². The first-order chi connectivity index (χ1) is 8.72. The number of pyridine rings is 1. The van der Waals surface area contributed by atoms with Crippen molar-refractivity contribution in [3.63, 3.8) is 0 Å². The quantitative estimate of drug-likeness (QED) is 0.631. The molecule has 0 radical (unpaired) electrons. The Kier molecular flexibility index (Phi) is 5.68. The summed E-state index contributed by atoms with van der Waals surface area (Å²) in [5.74, 6) is 0. The first-order valence-corrected chi connectivity index (χ1v) is 5.64. The molecular weight excluding hydrogens is 254 g/mol. The third kappa shape index (κ3) is 3.75. The standard InChI is InChI=1S/C9H6ClN3.C3H6O2/c10-8-2-1-7-3-5-13(6-4-11)9(7)12-8;1-2-5-3-4/h1-3,5H,6H2;3H,2H2,1H3. The normalized spacial score (nSPS) is 9.17. The minimum absolute atomic E-state index is 0.302. The molecule has 0 saturated carbocycles. The Morgan fingerprint density at radius 1 is 1.56 bits per heavy atom. The molecule has 0 aliphatic rings. The number of ether oxygens (including phenoxy) is 1. The molecule has 0 atom stereocenters. The van der Waals surface area contributed by atoms with Gasteiger partial charge in [-0.3, -0.25) is 4.79 Å². The van der Waals surface area contributed by atoms with Crippen molar-refractivity contribution in [3.8, 4) is 6.07 Å². The van der Waals surface area contributed by atoms with Gasteiger partial charge in [-0.25, -0.2) is 4.98 Å². The first kappa shape index (κ1) is 14.0. The highest BCUT2D eigenvalue weighted by Crippen LogP contribution is 2.16. The van der Waals surface area contributed by atoms with Crippen molar-refractivity contribution in [2.75, 3.05) is 6.61 Å². The molecular formula is C12H12ClN3O2. The predicted molar refractivity (Wildman–Crippen MR) is 68.0 cm³/mol. The summed E-state index contributed by atoms with van der Waals surface area (Å²) in [7, 11) is 0. The van der Waals surface area contributed by atoms with Crippen LogP contribution in [0.25, 0.3) is 11.0 Å². The zero-order valence-corrected chi connectivity index (χ0v) is 10.6. The highest BCUT2D eigenvalue weighted by molar-refractivity contribution is 6.29. The van der Waals surface area contributed by atoms with Gasteiger partial charge in [-0.05, 0) is 25.1 Å². The number of nitriles is 1. The summed E-state index contributed by atoms with van der Waals surface area (Å²) in [6.45, 7) is 2.97. The summed E-state index contributed by atoms with van der Waals surface area (Å²) in [6, 6.07) is 7.60. The lowest BCUT2D eigenvalue weighted by Crippen LogP contribution is -1.94. The SMILES string of the molecule is CCOC=O.N#CCn1ccc2ccc(Cl)nc21. The molecule has 0 unspecified atom stereocenters. The molecule has 0 spiro atoms. The second-order valence-corrected chi connectivity index (χ2v) is 3.59. The van der Waals surface area contributed by atoms with Crippen LogP contribution in [-0.2, 0) is 16.1 Å². The summed E-state index contributed by atoms with van der Waals surface area (Å²) in [5, 5.41) is 9.98. The van der Waals surface area contributed by atoms with Crippen LogP contribution < -0.4 is 0 Å². The summed E-state index contributed by atoms with van der Waals surface area (Å²) in [5.41, 5.74) is 0.758. The zero-order chi connectivity index (χ0) is 13.4. The third-order valence-electron chi connectivity index (χ3n) is 2.05. The molecule has 6 heteroatoms. The molecule has 2 aromatic heterocycles. The van der Waals surface area contributed by atoms with E-state index in [0.717, 1.165) is 11.0 Å². The molecule has 0 bridgehead atoms. The molecule has 5 nitrogen and oxygen atoms in total. The number of halogens is 1. The zero-order valence-electron chi connectivity index (χ0n) is 9.84. The Hall–Kier alpha value is -2.06. The van der Waals surface area contributed by atoms with Crippen molar-refractivity contribution in [1.82, 2.24) is 9.55 Å². The average molecular weight is 266 g/mol. The molecule has 94 valence electrons. The highest BCUT2D eigenvalue weighted by Gasteiger charge is 2.01. The van der Waals surface area contributed by atoms with Crippen LogP contribution in [-0.4, -0.2) is 22.6 Å². The molecule has 2 heterocycles. The fourth-order valence-electron chi connectivity index (χ4n) is 1.31. The maximum Gasteiger partial charge on any atom is 0.293 e. The monoisotopic (exact) mass is 265 g/mol. The highest BCUT2D eigenvalue weighted by atomic mass is 35.5. The average Bonchev–Trinajstić information content (AvgIpc) is 2.74. The van der Waals surface area contributed by atoms with E-state index in [1.165, 1.54) is 0 Å². The Morgan fingerprint density at radius 3 is 2.89 bits per heavy atom. The van der Waals surface area contributed by atoms with Crippen molar-refractivity contribution in [3.05, 3.63) is 29.5 Å². The molecule has 2 rings (SSSR count). The van der Waals surface area contributed by atoms with Crippen LogP contribution >= 0.6 is 11.6 Å². The van der Waals surface area contributed by atoms with Crippen LogP contribution in [0.3, 0.4) is 0 Å². The van der Waals surface area contributed by atoms with Gasteiger partial charge in [-0.1, -0.05) is 11.6 Å². The van der Waals surface area contributed by atoms with Crippen molar-refractivity contribution >= 4 is 29.1 Å².